The number of thiophene rings is 1. The second kappa shape index (κ2) is 9.81. The van der Waals surface area contributed by atoms with Crippen LogP contribution in [0.2, 0.25) is 0 Å². The van der Waals surface area contributed by atoms with Gasteiger partial charge in [-0.1, -0.05) is 12.1 Å². The summed E-state index contributed by atoms with van der Waals surface area (Å²) in [7, 11) is 2.09. The molecule has 7 heteroatoms. The van der Waals surface area contributed by atoms with Gasteiger partial charge in [0.1, 0.15) is 25.4 Å². The van der Waals surface area contributed by atoms with Crippen LogP contribution in [0.5, 0.6) is 5.75 Å². The molecule has 1 fully saturated rings. The van der Waals surface area contributed by atoms with E-state index in [9.17, 15) is 0 Å². The van der Waals surface area contributed by atoms with Crippen LogP contribution in [0, 0.1) is 0 Å². The van der Waals surface area contributed by atoms with E-state index in [1.807, 2.05) is 16.9 Å². The molecule has 0 bridgehead atoms. The van der Waals surface area contributed by atoms with Crippen LogP contribution >= 0.6 is 11.3 Å². The average Bonchev–Trinajstić information content (AvgIpc) is 3.47. The van der Waals surface area contributed by atoms with Crippen molar-refractivity contribution >= 4 is 17.0 Å². The van der Waals surface area contributed by atoms with Gasteiger partial charge >= 0.3 is 0 Å². The van der Waals surface area contributed by atoms with Gasteiger partial charge in [-0.2, -0.15) is 5.10 Å². The molecule has 32 heavy (non-hydrogen) atoms. The van der Waals surface area contributed by atoms with E-state index < -0.39 is 0 Å². The summed E-state index contributed by atoms with van der Waals surface area (Å²) in [5.41, 5.74) is 5.31. The molecule has 3 aromatic heterocycles. The van der Waals surface area contributed by atoms with Crippen LogP contribution in [0.1, 0.15) is 24.1 Å². The number of nitrogens with one attached hydrogen (secondary N) is 1. The summed E-state index contributed by atoms with van der Waals surface area (Å²) in [5, 5.41) is 8.94. The molecule has 0 aliphatic carbocycles. The van der Waals surface area contributed by atoms with Crippen LogP contribution in [0.25, 0.3) is 27.9 Å². The van der Waals surface area contributed by atoms with E-state index in [2.05, 4.69) is 59.4 Å². The summed E-state index contributed by atoms with van der Waals surface area (Å²) in [5.74, 6) is 0.929. The predicted molar refractivity (Wildman–Crippen MR) is 128 cm³/mol. The zero-order valence-electron chi connectivity index (χ0n) is 18.6. The van der Waals surface area contributed by atoms with Crippen molar-refractivity contribution in [3.05, 3.63) is 59.2 Å². The summed E-state index contributed by atoms with van der Waals surface area (Å²) in [4.78, 5) is 7.77. The fourth-order valence-corrected chi connectivity index (χ4v) is 5.35. The lowest BCUT2D eigenvalue weighted by Gasteiger charge is -2.23. The summed E-state index contributed by atoms with van der Waals surface area (Å²) in [6, 6.07) is 10.5. The van der Waals surface area contributed by atoms with E-state index in [-0.39, 0.29) is 0 Å². The average molecular weight is 450 g/mol. The van der Waals surface area contributed by atoms with E-state index in [1.54, 1.807) is 16.2 Å². The highest BCUT2D eigenvalue weighted by atomic mass is 32.1. The number of nitrogens with two attached hydrogens (primary N) is 1. The van der Waals surface area contributed by atoms with E-state index in [4.69, 9.17) is 9.72 Å². The summed E-state index contributed by atoms with van der Waals surface area (Å²) >= 11 is 1.79. The highest BCUT2D eigenvalue weighted by Crippen LogP contribution is 2.29. The van der Waals surface area contributed by atoms with Gasteiger partial charge in [0.05, 0.1) is 31.2 Å². The van der Waals surface area contributed by atoms with Gasteiger partial charge in [-0.3, -0.25) is 0 Å². The van der Waals surface area contributed by atoms with Gasteiger partial charge in [0.2, 0.25) is 0 Å². The molecule has 0 spiro atoms. The molecule has 0 amide bonds. The maximum atomic E-state index is 5.99. The standard InChI is InChI=1S/C25H29N5OS/c1-26-15-23-13-20(18-32-23)24-16-28-30-17-21(14-27-25(24)30)19-5-7-22(8-6-19)31-12-11-29-9-3-2-4-10-29/h5-8,13-14,16-18,26H,2-4,9-12,15H2,1H3/p+2. The smallest absolute Gasteiger partial charge is 0.162 e. The molecule has 1 aliphatic rings. The fourth-order valence-electron chi connectivity index (χ4n) is 4.42. The molecule has 4 heterocycles. The fraction of sp³-hybridized carbons (Fsp3) is 0.360. The maximum absolute atomic E-state index is 5.99. The number of likely N-dealkylation sites (tertiary alicyclic amines) is 1. The number of ether oxygens (including phenoxy) is 1. The van der Waals surface area contributed by atoms with Crippen molar-refractivity contribution in [2.45, 2.75) is 25.8 Å². The molecule has 6 nitrogen and oxygen atoms in total. The highest BCUT2D eigenvalue weighted by Gasteiger charge is 2.14. The molecule has 1 aromatic carbocycles. The Morgan fingerprint density at radius 3 is 2.72 bits per heavy atom. The topological polar surface area (TPSA) is 60.5 Å². The lowest BCUT2D eigenvalue weighted by atomic mass is 10.1. The second-order valence-corrected chi connectivity index (χ2v) is 9.51. The van der Waals surface area contributed by atoms with Gasteiger partial charge in [0.15, 0.2) is 5.65 Å². The van der Waals surface area contributed by atoms with Gasteiger partial charge < -0.3 is 15.0 Å². The maximum Gasteiger partial charge on any atom is 0.162 e. The first-order chi connectivity index (χ1) is 15.8. The molecule has 1 saturated heterocycles. The number of fused-ring (bicyclic) bond motifs is 1. The molecule has 5 rings (SSSR count). The Morgan fingerprint density at radius 2 is 1.91 bits per heavy atom. The molecule has 0 atom stereocenters. The molecule has 3 N–H and O–H groups in total. The Labute approximate surface area is 192 Å². The number of quaternary nitrogens is 2. The number of aromatic nitrogens is 3. The number of hydrogen-bond donors (Lipinski definition) is 2. The zero-order valence-corrected chi connectivity index (χ0v) is 19.4. The summed E-state index contributed by atoms with van der Waals surface area (Å²) in [6.07, 6.45) is 9.99. The van der Waals surface area contributed by atoms with Crippen LogP contribution in [-0.2, 0) is 6.54 Å². The first-order valence-electron chi connectivity index (χ1n) is 11.6. The Bertz CT molecular complexity index is 1160. The van der Waals surface area contributed by atoms with Crippen molar-refractivity contribution < 1.29 is 15.0 Å². The minimum atomic E-state index is 0.777. The van der Waals surface area contributed by atoms with Crippen LogP contribution in [0.15, 0.2) is 54.3 Å². The van der Waals surface area contributed by atoms with Gasteiger partial charge in [0.25, 0.3) is 0 Å². The first kappa shape index (κ1) is 21.1. The summed E-state index contributed by atoms with van der Waals surface area (Å²) in [6.45, 7) is 5.45. The van der Waals surface area contributed by atoms with E-state index in [0.29, 0.717) is 0 Å². The number of nitrogens with zero attached hydrogens (tertiary/aromatic N) is 3. The molecular formula is C25H31N5OS+2. The highest BCUT2D eigenvalue weighted by molar-refractivity contribution is 7.10. The number of piperidine rings is 1. The Kier molecular flexibility index (Phi) is 6.48. The van der Waals surface area contributed by atoms with Crippen LogP contribution in [0.3, 0.4) is 0 Å². The van der Waals surface area contributed by atoms with E-state index >= 15 is 0 Å². The predicted octanol–water partition coefficient (Wildman–Crippen LogP) is 2.27. The van der Waals surface area contributed by atoms with Crippen molar-refractivity contribution in [2.75, 3.05) is 33.3 Å². The molecule has 1 aliphatic heterocycles. The quantitative estimate of drug-likeness (QED) is 0.434. The second-order valence-electron chi connectivity index (χ2n) is 8.52. The monoisotopic (exact) mass is 449 g/mol. The summed E-state index contributed by atoms with van der Waals surface area (Å²) < 4.78 is 7.86. The molecule has 0 radical (unpaired) electrons. The van der Waals surface area contributed by atoms with Gasteiger partial charge in [0, 0.05) is 23.5 Å². The van der Waals surface area contributed by atoms with Crippen molar-refractivity contribution in [3.63, 3.8) is 0 Å². The van der Waals surface area contributed by atoms with Gasteiger partial charge in [-0.15, -0.1) is 11.3 Å². The van der Waals surface area contributed by atoms with E-state index in [1.165, 1.54) is 42.8 Å². The largest absolute Gasteiger partial charge is 0.488 e. The number of rotatable bonds is 8. The minimum absolute atomic E-state index is 0.777. The van der Waals surface area contributed by atoms with Crippen molar-refractivity contribution in [1.29, 1.82) is 0 Å². The lowest BCUT2D eigenvalue weighted by molar-refractivity contribution is -0.904. The first-order valence-corrected chi connectivity index (χ1v) is 12.4. The lowest BCUT2D eigenvalue weighted by Crippen LogP contribution is -3.13. The van der Waals surface area contributed by atoms with Crippen LogP contribution in [-0.4, -0.2) is 47.9 Å². The molecule has 166 valence electrons. The van der Waals surface area contributed by atoms with Crippen LogP contribution in [0.4, 0.5) is 0 Å². The van der Waals surface area contributed by atoms with Crippen molar-refractivity contribution in [1.82, 2.24) is 14.6 Å². The van der Waals surface area contributed by atoms with Crippen molar-refractivity contribution in [3.8, 4) is 28.0 Å². The third-order valence-corrected chi connectivity index (χ3v) is 7.16. The SMILES string of the molecule is C[NH2+]Cc1cc(-c2cnn3cc(-c4ccc(OCC[NH+]5CCCCC5)cc4)cnc23)cs1. The molecular weight excluding hydrogens is 418 g/mol. The normalized spacial score (nSPS) is 14.8. The number of benzene rings is 1. The number of hydrogen-bond acceptors (Lipinski definition) is 4. The van der Waals surface area contributed by atoms with Gasteiger partial charge in [-0.05, 0) is 54.0 Å². The molecule has 4 aromatic rings. The third-order valence-electron chi connectivity index (χ3n) is 6.20. The Hall–Kier alpha value is -2.74. The Balaban J connectivity index is 1.26. The zero-order chi connectivity index (χ0) is 21.8. The molecule has 0 saturated carbocycles. The van der Waals surface area contributed by atoms with Crippen molar-refractivity contribution in [2.24, 2.45) is 0 Å². The van der Waals surface area contributed by atoms with Gasteiger partial charge in [-0.25, -0.2) is 9.50 Å². The molecule has 0 unspecified atom stereocenters. The minimum Gasteiger partial charge on any atom is -0.488 e. The van der Waals surface area contributed by atoms with E-state index in [0.717, 1.165) is 47.8 Å². The van der Waals surface area contributed by atoms with Crippen LogP contribution < -0.4 is 15.0 Å². The Morgan fingerprint density at radius 1 is 1.06 bits per heavy atom. The third kappa shape index (κ3) is 4.70.